The van der Waals surface area contributed by atoms with Gasteiger partial charge in [-0.1, -0.05) is 12.1 Å². The summed E-state index contributed by atoms with van der Waals surface area (Å²) in [6, 6.07) is 5.67. The number of halogens is 3. The Morgan fingerprint density at radius 3 is 2.54 bits per heavy atom. The Morgan fingerprint density at radius 2 is 1.89 bits per heavy atom. The fourth-order valence-electron chi connectivity index (χ4n) is 5.15. The Labute approximate surface area is 199 Å². The number of amides is 1. The van der Waals surface area contributed by atoms with E-state index in [4.69, 9.17) is 5.11 Å². The number of rotatable bonds is 4. The van der Waals surface area contributed by atoms with Crippen LogP contribution in [0.4, 0.5) is 29.5 Å². The number of nitrogens with one attached hydrogen (secondary N) is 1. The number of pyridine rings is 1. The second-order valence-corrected chi connectivity index (χ2v) is 9.56. The molecule has 184 valence electrons. The molecule has 5 rings (SSSR count). The van der Waals surface area contributed by atoms with Gasteiger partial charge in [0, 0.05) is 31.6 Å². The summed E-state index contributed by atoms with van der Waals surface area (Å²) in [5.74, 6) is 1.00. The van der Waals surface area contributed by atoms with Gasteiger partial charge in [-0.15, -0.1) is 0 Å². The summed E-state index contributed by atoms with van der Waals surface area (Å²) in [5, 5.41) is 13.0. The highest BCUT2D eigenvalue weighted by Gasteiger charge is 2.53. The largest absolute Gasteiger partial charge is 0.465 e. The monoisotopic (exact) mass is 486 g/mol. The van der Waals surface area contributed by atoms with E-state index in [1.807, 2.05) is 6.07 Å². The second kappa shape index (κ2) is 7.96. The van der Waals surface area contributed by atoms with Gasteiger partial charge in [0.2, 0.25) is 0 Å². The van der Waals surface area contributed by atoms with Gasteiger partial charge in [-0.2, -0.15) is 13.2 Å². The number of alkyl halides is 3. The van der Waals surface area contributed by atoms with E-state index in [0.29, 0.717) is 41.3 Å². The lowest BCUT2D eigenvalue weighted by Gasteiger charge is -2.60. The summed E-state index contributed by atoms with van der Waals surface area (Å²) in [6.45, 7) is 7.55. The number of benzene rings is 1. The molecule has 8 nitrogen and oxygen atoms in total. The molecular weight excluding hydrogens is 461 g/mol. The van der Waals surface area contributed by atoms with Crippen molar-refractivity contribution in [1.29, 1.82) is 0 Å². The van der Waals surface area contributed by atoms with E-state index in [1.54, 1.807) is 26.1 Å². The average Bonchev–Trinajstić information content (AvgIpc) is 2.70. The van der Waals surface area contributed by atoms with Crippen molar-refractivity contribution in [2.24, 2.45) is 5.41 Å². The molecule has 4 heterocycles. The van der Waals surface area contributed by atoms with E-state index in [2.05, 4.69) is 25.2 Å². The predicted octanol–water partition coefficient (Wildman–Crippen LogP) is 4.63. The van der Waals surface area contributed by atoms with Crippen molar-refractivity contribution in [3.8, 4) is 0 Å². The zero-order valence-electron chi connectivity index (χ0n) is 19.5. The van der Waals surface area contributed by atoms with Crippen LogP contribution in [0, 0.1) is 19.3 Å². The summed E-state index contributed by atoms with van der Waals surface area (Å²) in [5.41, 5.74) is 1.42. The first-order valence-electron chi connectivity index (χ1n) is 11.3. The van der Waals surface area contributed by atoms with Crippen LogP contribution in [0.25, 0.3) is 11.0 Å². The maximum atomic E-state index is 13.4. The maximum Gasteiger partial charge on any atom is 0.416 e. The highest BCUT2D eigenvalue weighted by atomic mass is 19.4. The number of hydrogen-bond acceptors (Lipinski definition) is 6. The lowest BCUT2D eigenvalue weighted by molar-refractivity contribution is -0.138. The smallest absolute Gasteiger partial charge is 0.416 e. The Bertz CT molecular complexity index is 1310. The lowest BCUT2D eigenvalue weighted by Crippen LogP contribution is -2.73. The summed E-state index contributed by atoms with van der Waals surface area (Å²) in [7, 11) is 0. The van der Waals surface area contributed by atoms with Crippen LogP contribution in [0.1, 0.15) is 35.5 Å². The van der Waals surface area contributed by atoms with Crippen molar-refractivity contribution in [2.45, 2.75) is 33.0 Å². The molecule has 3 aromatic rings. The molecule has 1 atom stereocenters. The van der Waals surface area contributed by atoms with E-state index < -0.39 is 23.9 Å². The molecule has 0 saturated carbocycles. The van der Waals surface area contributed by atoms with Crippen molar-refractivity contribution in [1.82, 2.24) is 19.9 Å². The molecule has 2 aliphatic heterocycles. The molecule has 0 radical (unpaired) electrons. The lowest BCUT2D eigenvalue weighted by atomic mass is 9.73. The van der Waals surface area contributed by atoms with Crippen molar-refractivity contribution < 1.29 is 23.1 Å². The standard InChI is InChI=1S/C24H25F3N6O2/c1-13-17(5-4-6-19(13)24(25,26)27)14(2)29-21-18-7-16(8-28-20(18)30-15(3)31-21)32-9-23(10-32)11-33(12-23)22(34)35/h4-8,14H,9-12H2,1-3H3,(H,34,35)(H,28,29,30,31). The predicted molar refractivity (Wildman–Crippen MR) is 125 cm³/mol. The number of aromatic nitrogens is 3. The zero-order valence-corrected chi connectivity index (χ0v) is 19.5. The van der Waals surface area contributed by atoms with Gasteiger partial charge in [0.25, 0.3) is 0 Å². The van der Waals surface area contributed by atoms with Gasteiger partial charge in [-0.25, -0.2) is 19.7 Å². The first-order valence-corrected chi connectivity index (χ1v) is 11.3. The van der Waals surface area contributed by atoms with E-state index in [9.17, 15) is 18.0 Å². The molecule has 2 N–H and O–H groups in total. The van der Waals surface area contributed by atoms with E-state index in [0.717, 1.165) is 24.8 Å². The third-order valence-electron chi connectivity index (χ3n) is 6.89. The van der Waals surface area contributed by atoms with Crippen LogP contribution < -0.4 is 10.2 Å². The molecule has 35 heavy (non-hydrogen) atoms. The van der Waals surface area contributed by atoms with Crippen LogP contribution >= 0.6 is 0 Å². The van der Waals surface area contributed by atoms with Crippen molar-refractivity contribution >= 4 is 28.6 Å². The van der Waals surface area contributed by atoms with Gasteiger partial charge in [0.1, 0.15) is 11.6 Å². The molecule has 1 unspecified atom stereocenters. The minimum atomic E-state index is -4.42. The Morgan fingerprint density at radius 1 is 1.17 bits per heavy atom. The molecule has 1 aromatic carbocycles. The Balaban J connectivity index is 1.40. The van der Waals surface area contributed by atoms with Crippen LogP contribution in [0.15, 0.2) is 30.5 Å². The van der Waals surface area contributed by atoms with Crippen molar-refractivity contribution in [2.75, 3.05) is 36.4 Å². The van der Waals surface area contributed by atoms with E-state index in [1.165, 1.54) is 17.9 Å². The van der Waals surface area contributed by atoms with E-state index in [-0.39, 0.29) is 11.0 Å². The summed E-state index contributed by atoms with van der Waals surface area (Å²) >= 11 is 0. The van der Waals surface area contributed by atoms with Crippen molar-refractivity contribution in [3.63, 3.8) is 0 Å². The minimum Gasteiger partial charge on any atom is -0.465 e. The summed E-state index contributed by atoms with van der Waals surface area (Å²) in [4.78, 5) is 28.0. The number of likely N-dealkylation sites (tertiary alicyclic amines) is 1. The second-order valence-electron chi connectivity index (χ2n) is 9.56. The highest BCUT2D eigenvalue weighted by Crippen LogP contribution is 2.42. The van der Waals surface area contributed by atoms with Crippen LogP contribution in [0.5, 0.6) is 0 Å². The Hall–Kier alpha value is -3.63. The average molecular weight is 486 g/mol. The zero-order chi connectivity index (χ0) is 25.1. The third kappa shape index (κ3) is 4.08. The first kappa shape index (κ1) is 23.1. The highest BCUT2D eigenvalue weighted by molar-refractivity contribution is 5.89. The Kier molecular flexibility index (Phi) is 5.26. The number of fused-ring (bicyclic) bond motifs is 1. The number of anilines is 2. The first-order chi connectivity index (χ1) is 16.5. The molecule has 11 heteroatoms. The number of carbonyl (C=O) groups is 1. The van der Waals surface area contributed by atoms with E-state index >= 15 is 0 Å². The fraction of sp³-hybridized carbons (Fsp3) is 0.417. The molecule has 0 aliphatic carbocycles. The SMILES string of the molecule is Cc1nc(NC(C)c2cccc(C(F)(F)F)c2C)c2cc(N3CC4(CN(C(=O)O)C4)C3)cnc2n1. The molecule has 1 spiro atoms. The number of aryl methyl sites for hydroxylation is 1. The quantitative estimate of drug-likeness (QED) is 0.555. The van der Waals surface area contributed by atoms with Crippen LogP contribution in [0.3, 0.4) is 0 Å². The molecule has 1 amide bonds. The third-order valence-corrected chi connectivity index (χ3v) is 6.89. The normalized spacial score (nSPS) is 17.8. The molecule has 2 aliphatic rings. The van der Waals surface area contributed by atoms with Crippen LogP contribution in [0.2, 0.25) is 0 Å². The summed E-state index contributed by atoms with van der Waals surface area (Å²) < 4.78 is 40.2. The maximum absolute atomic E-state index is 13.4. The van der Waals surface area contributed by atoms with Gasteiger partial charge in [-0.3, -0.25) is 0 Å². The fourth-order valence-corrected chi connectivity index (χ4v) is 5.15. The molecule has 2 saturated heterocycles. The minimum absolute atomic E-state index is 0.00621. The van der Waals surface area contributed by atoms with Gasteiger partial charge in [-0.05, 0) is 44.0 Å². The molecule has 2 fully saturated rings. The topological polar surface area (TPSA) is 94.5 Å². The van der Waals surface area contributed by atoms with Gasteiger partial charge in [0.15, 0.2) is 5.65 Å². The van der Waals surface area contributed by atoms with Crippen LogP contribution in [-0.4, -0.2) is 57.2 Å². The number of hydrogen-bond donors (Lipinski definition) is 2. The van der Waals surface area contributed by atoms with Crippen LogP contribution in [-0.2, 0) is 6.18 Å². The van der Waals surface area contributed by atoms with Gasteiger partial charge < -0.3 is 20.2 Å². The number of carboxylic acid groups (broad SMARTS) is 1. The molecular formula is C24H25F3N6O2. The van der Waals surface area contributed by atoms with Crippen molar-refractivity contribution in [3.05, 3.63) is 53.0 Å². The van der Waals surface area contributed by atoms with Gasteiger partial charge >= 0.3 is 12.3 Å². The van der Waals surface area contributed by atoms with Gasteiger partial charge in [0.05, 0.1) is 28.9 Å². The molecule has 2 aromatic heterocycles. The molecule has 0 bridgehead atoms. The number of nitrogens with zero attached hydrogens (tertiary/aromatic N) is 5. The summed E-state index contributed by atoms with van der Waals surface area (Å²) in [6.07, 6.45) is -3.58.